The number of benzene rings is 2. The second-order valence-electron chi connectivity index (χ2n) is 5.22. The van der Waals surface area contributed by atoms with Gasteiger partial charge in [-0.25, -0.2) is 4.39 Å². The van der Waals surface area contributed by atoms with Crippen LogP contribution >= 0.6 is 0 Å². The Labute approximate surface area is 121 Å². The van der Waals surface area contributed by atoms with E-state index in [-0.39, 0.29) is 12.2 Å². The van der Waals surface area contributed by atoms with E-state index in [4.69, 9.17) is 0 Å². The predicted octanol–water partition coefficient (Wildman–Crippen LogP) is 3.83. The fourth-order valence-corrected chi connectivity index (χ4v) is 2.75. The average molecular weight is 286 g/mol. The summed E-state index contributed by atoms with van der Waals surface area (Å²) in [5, 5.41) is 14.1. The van der Waals surface area contributed by atoms with Crippen LogP contribution in [0.25, 0.3) is 0 Å². The molecular formula is C16H15FN2O2. The molecule has 3 rings (SSSR count). The average Bonchev–Trinajstić information content (AvgIpc) is 2.92. The highest BCUT2D eigenvalue weighted by Gasteiger charge is 2.15. The summed E-state index contributed by atoms with van der Waals surface area (Å²) in [7, 11) is 0. The third-order valence-corrected chi connectivity index (χ3v) is 3.82. The van der Waals surface area contributed by atoms with Crippen LogP contribution in [0.2, 0.25) is 0 Å². The topological polar surface area (TPSA) is 55.2 Å². The minimum atomic E-state index is -0.487. The maximum atomic E-state index is 13.3. The molecule has 0 aromatic heterocycles. The molecule has 1 aliphatic carbocycles. The summed E-state index contributed by atoms with van der Waals surface area (Å²) < 4.78 is 13.3. The number of fused-ring (bicyclic) bond motifs is 1. The lowest BCUT2D eigenvalue weighted by Gasteiger charge is -2.09. The Morgan fingerprint density at radius 3 is 2.76 bits per heavy atom. The SMILES string of the molecule is O=[N+]([O-])c1ccc(F)cc1CNc1ccc2c(c1)CCC2. The number of nitro groups is 1. The van der Waals surface area contributed by atoms with Crippen LogP contribution in [0.5, 0.6) is 0 Å². The van der Waals surface area contributed by atoms with E-state index in [1.165, 1.54) is 29.7 Å². The van der Waals surface area contributed by atoms with Crippen LogP contribution in [-0.2, 0) is 19.4 Å². The van der Waals surface area contributed by atoms with Crippen molar-refractivity contribution in [1.29, 1.82) is 0 Å². The number of halogens is 1. The lowest BCUT2D eigenvalue weighted by atomic mass is 10.1. The zero-order valence-corrected chi connectivity index (χ0v) is 11.4. The molecular weight excluding hydrogens is 271 g/mol. The van der Waals surface area contributed by atoms with Crippen LogP contribution in [0.1, 0.15) is 23.1 Å². The first-order chi connectivity index (χ1) is 10.1. The summed E-state index contributed by atoms with van der Waals surface area (Å²) in [4.78, 5) is 10.5. The van der Waals surface area contributed by atoms with Crippen LogP contribution in [0.3, 0.4) is 0 Å². The molecule has 0 unspecified atom stereocenters. The van der Waals surface area contributed by atoms with Gasteiger partial charge >= 0.3 is 0 Å². The molecule has 1 aliphatic rings. The van der Waals surface area contributed by atoms with Gasteiger partial charge in [0, 0.05) is 18.3 Å². The van der Waals surface area contributed by atoms with E-state index in [9.17, 15) is 14.5 Å². The standard InChI is InChI=1S/C16H15FN2O2/c17-14-5-7-16(19(20)21)13(8-14)10-18-15-6-4-11-2-1-3-12(11)9-15/h4-9,18H,1-3,10H2. The molecule has 0 amide bonds. The van der Waals surface area contributed by atoms with Gasteiger partial charge in [0.1, 0.15) is 5.82 Å². The molecule has 0 spiro atoms. The van der Waals surface area contributed by atoms with Crippen molar-refractivity contribution in [3.63, 3.8) is 0 Å². The lowest BCUT2D eigenvalue weighted by molar-refractivity contribution is -0.385. The Bertz CT molecular complexity index is 701. The van der Waals surface area contributed by atoms with Crippen LogP contribution in [0.4, 0.5) is 15.8 Å². The molecule has 0 aliphatic heterocycles. The van der Waals surface area contributed by atoms with Gasteiger partial charge in [0.25, 0.3) is 5.69 Å². The molecule has 0 atom stereocenters. The molecule has 0 fully saturated rings. The number of nitrogens with zero attached hydrogens (tertiary/aromatic N) is 1. The molecule has 0 heterocycles. The largest absolute Gasteiger partial charge is 0.381 e. The van der Waals surface area contributed by atoms with Crippen LogP contribution in [0.15, 0.2) is 36.4 Å². The Hall–Kier alpha value is -2.43. The third-order valence-electron chi connectivity index (χ3n) is 3.82. The third kappa shape index (κ3) is 2.86. The number of nitrogens with one attached hydrogen (secondary N) is 1. The normalized spacial score (nSPS) is 13.0. The Kier molecular flexibility index (Phi) is 3.56. The maximum Gasteiger partial charge on any atom is 0.274 e. The Balaban J connectivity index is 1.78. The fraction of sp³-hybridized carbons (Fsp3) is 0.250. The number of hydrogen-bond donors (Lipinski definition) is 1. The molecule has 0 saturated heterocycles. The highest BCUT2D eigenvalue weighted by molar-refractivity contribution is 5.51. The predicted molar refractivity (Wildman–Crippen MR) is 78.8 cm³/mol. The summed E-state index contributed by atoms with van der Waals surface area (Å²) in [6.45, 7) is 0.229. The molecule has 0 radical (unpaired) electrons. The smallest absolute Gasteiger partial charge is 0.274 e. The van der Waals surface area contributed by atoms with Crippen LogP contribution in [0, 0.1) is 15.9 Å². The number of anilines is 1. The summed E-state index contributed by atoms with van der Waals surface area (Å²) in [5.74, 6) is -0.466. The zero-order valence-electron chi connectivity index (χ0n) is 11.4. The maximum absolute atomic E-state index is 13.3. The lowest BCUT2D eigenvalue weighted by Crippen LogP contribution is -2.04. The molecule has 0 bridgehead atoms. The van der Waals surface area contributed by atoms with Gasteiger partial charge in [0.05, 0.1) is 10.5 Å². The number of aryl methyl sites for hydroxylation is 2. The minimum Gasteiger partial charge on any atom is -0.381 e. The molecule has 4 nitrogen and oxygen atoms in total. The van der Waals surface area contributed by atoms with E-state index >= 15 is 0 Å². The van der Waals surface area contributed by atoms with Gasteiger partial charge in [-0.1, -0.05) is 6.07 Å². The number of hydrogen-bond acceptors (Lipinski definition) is 3. The van der Waals surface area contributed by atoms with Crippen molar-refractivity contribution >= 4 is 11.4 Å². The summed E-state index contributed by atoms with van der Waals surface area (Å²) in [5.41, 5.74) is 3.89. The first kappa shape index (κ1) is 13.5. The van der Waals surface area contributed by atoms with Gasteiger partial charge in [0.2, 0.25) is 0 Å². The molecule has 2 aromatic rings. The van der Waals surface area contributed by atoms with Gasteiger partial charge < -0.3 is 5.32 Å². The van der Waals surface area contributed by atoms with Crippen molar-refractivity contribution in [3.8, 4) is 0 Å². The monoisotopic (exact) mass is 286 g/mol. The van der Waals surface area contributed by atoms with Gasteiger partial charge in [-0.15, -0.1) is 0 Å². The van der Waals surface area contributed by atoms with E-state index in [1.807, 2.05) is 6.07 Å². The highest BCUT2D eigenvalue weighted by atomic mass is 19.1. The van der Waals surface area contributed by atoms with Crippen molar-refractivity contribution in [2.75, 3.05) is 5.32 Å². The van der Waals surface area contributed by atoms with Gasteiger partial charge in [-0.05, 0) is 54.7 Å². The van der Waals surface area contributed by atoms with Gasteiger partial charge in [-0.3, -0.25) is 10.1 Å². The minimum absolute atomic E-state index is 0.0648. The van der Waals surface area contributed by atoms with Crippen molar-refractivity contribution in [2.24, 2.45) is 0 Å². The first-order valence-corrected chi connectivity index (χ1v) is 6.92. The highest BCUT2D eigenvalue weighted by Crippen LogP contribution is 2.26. The van der Waals surface area contributed by atoms with Crippen molar-refractivity contribution in [3.05, 3.63) is 69.0 Å². The van der Waals surface area contributed by atoms with Crippen molar-refractivity contribution in [1.82, 2.24) is 0 Å². The molecule has 108 valence electrons. The van der Waals surface area contributed by atoms with Crippen molar-refractivity contribution in [2.45, 2.75) is 25.8 Å². The van der Waals surface area contributed by atoms with Crippen LogP contribution < -0.4 is 5.32 Å². The molecule has 1 N–H and O–H groups in total. The second-order valence-corrected chi connectivity index (χ2v) is 5.22. The quantitative estimate of drug-likeness (QED) is 0.686. The van der Waals surface area contributed by atoms with E-state index in [1.54, 1.807) is 0 Å². The Morgan fingerprint density at radius 2 is 1.95 bits per heavy atom. The molecule has 2 aromatic carbocycles. The van der Waals surface area contributed by atoms with E-state index in [2.05, 4.69) is 17.4 Å². The van der Waals surface area contributed by atoms with Crippen molar-refractivity contribution < 1.29 is 9.31 Å². The van der Waals surface area contributed by atoms with Gasteiger partial charge in [-0.2, -0.15) is 0 Å². The zero-order chi connectivity index (χ0) is 14.8. The summed E-state index contributed by atoms with van der Waals surface area (Å²) >= 11 is 0. The van der Waals surface area contributed by atoms with E-state index in [0.29, 0.717) is 5.56 Å². The van der Waals surface area contributed by atoms with E-state index in [0.717, 1.165) is 24.6 Å². The van der Waals surface area contributed by atoms with Gasteiger partial charge in [0.15, 0.2) is 0 Å². The molecule has 21 heavy (non-hydrogen) atoms. The fourth-order valence-electron chi connectivity index (χ4n) is 2.75. The molecule has 5 heteroatoms. The summed E-state index contributed by atoms with van der Waals surface area (Å²) in [6, 6.07) is 9.65. The van der Waals surface area contributed by atoms with Crippen LogP contribution in [-0.4, -0.2) is 4.92 Å². The Morgan fingerprint density at radius 1 is 1.14 bits per heavy atom. The summed E-state index contributed by atoms with van der Waals surface area (Å²) in [6.07, 6.45) is 3.37. The molecule has 0 saturated carbocycles. The second kappa shape index (κ2) is 5.52. The van der Waals surface area contributed by atoms with E-state index < -0.39 is 10.7 Å². The first-order valence-electron chi connectivity index (χ1n) is 6.92. The number of rotatable bonds is 4. The number of nitro benzene ring substituents is 1.